The van der Waals surface area contributed by atoms with Crippen LogP contribution in [0.25, 0.3) is 0 Å². The molecule has 0 aliphatic rings. The zero-order valence-electron chi connectivity index (χ0n) is 12.1. The van der Waals surface area contributed by atoms with Crippen molar-refractivity contribution in [3.63, 3.8) is 0 Å². The predicted octanol–water partition coefficient (Wildman–Crippen LogP) is 3.76. The van der Waals surface area contributed by atoms with Gasteiger partial charge in [0, 0.05) is 12.2 Å². The topological polar surface area (TPSA) is 41.5 Å². The first-order chi connectivity index (χ1) is 10.2. The summed E-state index contributed by atoms with van der Waals surface area (Å²) in [5.74, 6) is 0.531. The average molecular weight is 289 g/mol. The van der Waals surface area contributed by atoms with E-state index < -0.39 is 6.10 Å². The molecule has 4 heteroatoms. The molecule has 0 bridgehead atoms. The zero-order valence-corrected chi connectivity index (χ0v) is 12.1. The van der Waals surface area contributed by atoms with Crippen LogP contribution in [-0.2, 0) is 0 Å². The average Bonchev–Trinajstić information content (AvgIpc) is 2.52. The molecular weight excluding hydrogens is 269 g/mol. The number of aliphatic hydroxyl groups is 1. The molecule has 0 heterocycles. The van der Waals surface area contributed by atoms with Crippen molar-refractivity contribution in [3.05, 3.63) is 59.9 Å². The van der Waals surface area contributed by atoms with Crippen LogP contribution in [0.3, 0.4) is 0 Å². The van der Waals surface area contributed by atoms with Gasteiger partial charge >= 0.3 is 0 Å². The highest BCUT2D eigenvalue weighted by Gasteiger charge is 2.07. The molecule has 0 fully saturated rings. The Morgan fingerprint density at radius 1 is 1.10 bits per heavy atom. The first-order valence-electron chi connectivity index (χ1n) is 7.09. The Balaban J connectivity index is 1.86. The van der Waals surface area contributed by atoms with Crippen molar-refractivity contribution >= 4 is 5.69 Å². The molecule has 2 N–H and O–H groups in total. The van der Waals surface area contributed by atoms with E-state index in [4.69, 9.17) is 4.74 Å². The Labute approximate surface area is 124 Å². The fraction of sp³-hybridized carbons (Fsp3) is 0.294. The van der Waals surface area contributed by atoms with Gasteiger partial charge in [-0.05, 0) is 48.4 Å². The lowest BCUT2D eigenvalue weighted by molar-refractivity contribution is 0.191. The van der Waals surface area contributed by atoms with E-state index >= 15 is 0 Å². The number of anilines is 1. The monoisotopic (exact) mass is 289 g/mol. The second-order valence-corrected chi connectivity index (χ2v) is 4.82. The Hall–Kier alpha value is -2.07. The molecular formula is C17H20FNO2. The third kappa shape index (κ3) is 4.76. The highest BCUT2D eigenvalue weighted by Crippen LogP contribution is 2.18. The molecule has 0 amide bonds. The molecule has 1 unspecified atom stereocenters. The lowest BCUT2D eigenvalue weighted by atomic mass is 10.1. The Bertz CT molecular complexity index is 540. The van der Waals surface area contributed by atoms with Crippen molar-refractivity contribution in [1.29, 1.82) is 0 Å². The molecule has 0 saturated carbocycles. The van der Waals surface area contributed by atoms with Crippen molar-refractivity contribution in [2.75, 3.05) is 18.5 Å². The molecule has 0 aromatic heterocycles. The summed E-state index contributed by atoms with van der Waals surface area (Å²) >= 11 is 0. The molecule has 2 aromatic carbocycles. The Morgan fingerprint density at radius 2 is 1.76 bits per heavy atom. The minimum absolute atomic E-state index is 0.304. The smallest absolute Gasteiger partial charge is 0.123 e. The van der Waals surface area contributed by atoms with Crippen LogP contribution in [0.2, 0.25) is 0 Å². The number of hydrogen-bond acceptors (Lipinski definition) is 3. The van der Waals surface area contributed by atoms with E-state index in [1.807, 2.05) is 24.3 Å². The number of halogens is 1. The van der Waals surface area contributed by atoms with Crippen molar-refractivity contribution < 1.29 is 14.2 Å². The van der Waals surface area contributed by atoms with E-state index in [0.29, 0.717) is 18.7 Å². The Morgan fingerprint density at radius 3 is 2.38 bits per heavy atom. The van der Waals surface area contributed by atoms with Crippen LogP contribution in [0, 0.1) is 5.82 Å². The van der Waals surface area contributed by atoms with Crippen molar-refractivity contribution in [2.24, 2.45) is 0 Å². The summed E-state index contributed by atoms with van der Waals surface area (Å²) in [4.78, 5) is 0. The fourth-order valence-electron chi connectivity index (χ4n) is 1.91. The number of rotatable bonds is 7. The number of ether oxygens (including phenoxy) is 1. The molecule has 112 valence electrons. The molecule has 2 rings (SSSR count). The number of aliphatic hydroxyl groups excluding tert-OH is 1. The molecule has 0 spiro atoms. The summed E-state index contributed by atoms with van der Waals surface area (Å²) in [7, 11) is 0. The van der Waals surface area contributed by atoms with Crippen LogP contribution in [0.1, 0.15) is 25.0 Å². The van der Waals surface area contributed by atoms with Gasteiger partial charge in [-0.2, -0.15) is 0 Å². The summed E-state index contributed by atoms with van der Waals surface area (Å²) in [5, 5.41) is 13.2. The van der Waals surface area contributed by atoms with Crippen LogP contribution in [0.5, 0.6) is 5.75 Å². The highest BCUT2D eigenvalue weighted by molar-refractivity contribution is 5.46. The fourth-order valence-corrected chi connectivity index (χ4v) is 1.91. The number of nitrogens with one attached hydrogen (secondary N) is 1. The third-order valence-electron chi connectivity index (χ3n) is 3.08. The second-order valence-electron chi connectivity index (χ2n) is 4.82. The molecule has 0 aliphatic heterocycles. The predicted molar refractivity (Wildman–Crippen MR) is 82.1 cm³/mol. The SMILES string of the molecule is CCCOc1ccc(NCC(O)c2ccc(F)cc2)cc1. The summed E-state index contributed by atoms with van der Waals surface area (Å²) in [6, 6.07) is 13.5. The van der Waals surface area contributed by atoms with E-state index in [2.05, 4.69) is 12.2 Å². The Kier molecular flexibility index (Phi) is 5.58. The summed E-state index contributed by atoms with van der Waals surface area (Å²) in [6.45, 7) is 3.13. The zero-order chi connectivity index (χ0) is 15.1. The third-order valence-corrected chi connectivity index (χ3v) is 3.08. The quantitative estimate of drug-likeness (QED) is 0.815. The minimum Gasteiger partial charge on any atom is -0.494 e. The van der Waals surface area contributed by atoms with E-state index in [1.54, 1.807) is 12.1 Å². The number of benzene rings is 2. The van der Waals surface area contributed by atoms with E-state index in [1.165, 1.54) is 12.1 Å². The maximum Gasteiger partial charge on any atom is 0.123 e. The van der Waals surface area contributed by atoms with Gasteiger partial charge in [-0.3, -0.25) is 0 Å². The first-order valence-corrected chi connectivity index (χ1v) is 7.09. The van der Waals surface area contributed by atoms with Gasteiger partial charge in [0.1, 0.15) is 11.6 Å². The largest absolute Gasteiger partial charge is 0.494 e. The molecule has 21 heavy (non-hydrogen) atoms. The van der Waals surface area contributed by atoms with Crippen LogP contribution in [0.4, 0.5) is 10.1 Å². The lowest BCUT2D eigenvalue weighted by Crippen LogP contribution is -2.12. The van der Waals surface area contributed by atoms with Gasteiger partial charge in [0.15, 0.2) is 0 Å². The van der Waals surface area contributed by atoms with Crippen LogP contribution in [0.15, 0.2) is 48.5 Å². The van der Waals surface area contributed by atoms with Gasteiger partial charge in [0.25, 0.3) is 0 Å². The molecule has 0 radical (unpaired) electrons. The normalized spacial score (nSPS) is 12.0. The minimum atomic E-state index is -0.679. The van der Waals surface area contributed by atoms with Gasteiger partial charge in [0.2, 0.25) is 0 Å². The second kappa shape index (κ2) is 7.64. The van der Waals surface area contributed by atoms with Gasteiger partial charge in [-0.15, -0.1) is 0 Å². The molecule has 1 atom stereocenters. The van der Waals surface area contributed by atoms with E-state index in [9.17, 15) is 9.50 Å². The van der Waals surface area contributed by atoms with Crippen molar-refractivity contribution in [1.82, 2.24) is 0 Å². The summed E-state index contributed by atoms with van der Waals surface area (Å²) in [5.41, 5.74) is 1.59. The molecule has 0 aliphatic carbocycles. The van der Waals surface area contributed by atoms with Crippen LogP contribution >= 0.6 is 0 Å². The molecule has 3 nitrogen and oxygen atoms in total. The summed E-state index contributed by atoms with van der Waals surface area (Å²) < 4.78 is 18.3. The van der Waals surface area contributed by atoms with Gasteiger partial charge in [-0.25, -0.2) is 4.39 Å². The maximum atomic E-state index is 12.8. The van der Waals surface area contributed by atoms with Gasteiger partial charge in [-0.1, -0.05) is 19.1 Å². The first kappa shape index (κ1) is 15.3. The molecule has 0 saturated heterocycles. The molecule has 2 aromatic rings. The van der Waals surface area contributed by atoms with Crippen molar-refractivity contribution in [2.45, 2.75) is 19.4 Å². The van der Waals surface area contributed by atoms with E-state index in [0.717, 1.165) is 17.9 Å². The van der Waals surface area contributed by atoms with Crippen LogP contribution < -0.4 is 10.1 Å². The van der Waals surface area contributed by atoms with Gasteiger partial charge < -0.3 is 15.2 Å². The lowest BCUT2D eigenvalue weighted by Gasteiger charge is -2.13. The van der Waals surface area contributed by atoms with Crippen LogP contribution in [-0.4, -0.2) is 18.3 Å². The van der Waals surface area contributed by atoms with Gasteiger partial charge in [0.05, 0.1) is 12.7 Å². The maximum absolute atomic E-state index is 12.8. The van der Waals surface area contributed by atoms with E-state index in [-0.39, 0.29) is 5.82 Å². The highest BCUT2D eigenvalue weighted by atomic mass is 19.1. The standard InChI is InChI=1S/C17H20FNO2/c1-2-11-21-16-9-7-15(8-10-16)19-12-17(20)13-3-5-14(18)6-4-13/h3-10,17,19-20H,2,11-12H2,1H3. The van der Waals surface area contributed by atoms with Crippen molar-refractivity contribution in [3.8, 4) is 5.75 Å². The summed E-state index contributed by atoms with van der Waals surface area (Å²) in [6.07, 6.45) is 0.297. The number of hydrogen-bond donors (Lipinski definition) is 2.